The van der Waals surface area contributed by atoms with Crippen molar-refractivity contribution in [1.29, 1.82) is 0 Å². The molecule has 6 aliphatic rings. The molecule has 0 saturated carbocycles. The number of carbonyl (C=O) groups excluding carboxylic acids is 2. The van der Waals surface area contributed by atoms with Gasteiger partial charge in [0.2, 0.25) is 23.2 Å². The van der Waals surface area contributed by atoms with Crippen molar-refractivity contribution in [3.05, 3.63) is 167 Å². The van der Waals surface area contributed by atoms with Gasteiger partial charge in [0.05, 0.1) is 90.1 Å². The highest BCUT2D eigenvalue weighted by atomic mass is 16.7. The SMILES string of the molecule is C[N+]1=C(/C=C/C=C2/N(CCCCC(=O)NCCOCCOCCNCCOC3OC(CO)C(O)C(O)C3O)c3ccccc3C2(C)C)C(C)(C)c2ccccc21.C[N+]1=C(/C=C/C=C2/N(CCCCC(=O)NCCOCCOCCNCCOC3OC(CO)C(O)C(O)C3O)c3ccccc3C2(C)C)C(C)(C)c2ccccc21. The number of nitrogens with one attached hydrogen (secondary N) is 4. The molecule has 4 aromatic carbocycles. The number of carbonyl (C=O) groups is 2. The summed E-state index contributed by atoms with van der Waals surface area (Å²) >= 11 is 0. The molecule has 12 N–H and O–H groups in total. The number of unbranched alkanes of at least 4 members (excludes halogenated alkanes) is 2. The normalized spacial score (nSPS) is 24.6. The quantitative estimate of drug-likeness (QED) is 0.0197. The van der Waals surface area contributed by atoms with Crippen LogP contribution in [0.25, 0.3) is 0 Å². The molecule has 10 rings (SSSR count). The summed E-state index contributed by atoms with van der Waals surface area (Å²) in [5, 5.41) is 90.0. The highest BCUT2D eigenvalue weighted by Crippen LogP contribution is 2.50. The Morgan fingerprint density at radius 1 is 0.429 bits per heavy atom. The second-order valence-corrected chi connectivity index (χ2v) is 31.3. The molecule has 0 aliphatic carbocycles. The highest BCUT2D eigenvalue weighted by molar-refractivity contribution is 6.04. The zero-order chi connectivity index (χ0) is 80.6. The van der Waals surface area contributed by atoms with Gasteiger partial charge in [0, 0.05) is 134 Å². The van der Waals surface area contributed by atoms with Gasteiger partial charge in [-0.05, 0) is 88.8 Å². The molecule has 6 aliphatic heterocycles. The third-order valence-electron chi connectivity index (χ3n) is 22.1. The molecule has 2 fully saturated rings. The maximum Gasteiger partial charge on any atom is 0.220 e. The van der Waals surface area contributed by atoms with Crippen LogP contribution < -0.4 is 31.1 Å². The van der Waals surface area contributed by atoms with E-state index >= 15 is 0 Å². The van der Waals surface area contributed by atoms with Crippen molar-refractivity contribution < 1.29 is 97.5 Å². The Hall–Kier alpha value is -7.00. The minimum atomic E-state index is -1.46. The number of aliphatic hydroxyl groups excluding tert-OH is 8. The van der Waals surface area contributed by atoms with Crippen molar-refractivity contribution in [1.82, 2.24) is 21.3 Å². The second-order valence-electron chi connectivity index (χ2n) is 31.3. The maximum atomic E-state index is 12.6. The average Bonchev–Trinajstić information content (AvgIpc) is 1.61. The van der Waals surface area contributed by atoms with Crippen molar-refractivity contribution in [2.45, 2.75) is 177 Å². The van der Waals surface area contributed by atoms with E-state index in [9.17, 15) is 50.4 Å². The van der Waals surface area contributed by atoms with E-state index in [2.05, 4.69) is 243 Å². The van der Waals surface area contributed by atoms with E-state index < -0.39 is 74.6 Å². The molecule has 0 spiro atoms. The third kappa shape index (κ3) is 22.3. The van der Waals surface area contributed by atoms with Gasteiger partial charge in [-0.15, -0.1) is 0 Å². The Kier molecular flexibility index (Phi) is 33.8. The van der Waals surface area contributed by atoms with E-state index in [1.165, 1.54) is 67.8 Å². The molecule has 26 heteroatoms. The van der Waals surface area contributed by atoms with Gasteiger partial charge >= 0.3 is 0 Å². The Bertz CT molecular complexity index is 3630. The first-order valence-electron chi connectivity index (χ1n) is 39.8. The highest BCUT2D eigenvalue weighted by Gasteiger charge is 2.48. The fraction of sp³-hybridized carbons (Fsp3) is 0.581. The predicted octanol–water partition coefficient (Wildman–Crippen LogP) is 5.31. The van der Waals surface area contributed by atoms with Crippen molar-refractivity contribution in [2.24, 2.45) is 0 Å². The van der Waals surface area contributed by atoms with Crippen LogP contribution in [0.5, 0.6) is 0 Å². The first-order valence-corrected chi connectivity index (χ1v) is 39.8. The first-order chi connectivity index (χ1) is 53.8. The smallest absolute Gasteiger partial charge is 0.220 e. The average molecular weight is 1560 g/mol. The van der Waals surface area contributed by atoms with Crippen LogP contribution in [0.4, 0.5) is 22.7 Å². The summed E-state index contributed by atoms with van der Waals surface area (Å²) in [5.74, 6) is 0.0437. The number of ether oxygens (including phenoxy) is 8. The number of para-hydroxylation sites is 4. The van der Waals surface area contributed by atoms with Gasteiger partial charge in [-0.3, -0.25) is 9.59 Å². The number of rotatable bonds is 42. The summed E-state index contributed by atoms with van der Waals surface area (Å²) in [6, 6.07) is 34.5. The van der Waals surface area contributed by atoms with Gasteiger partial charge < -0.3 is 110 Å². The summed E-state index contributed by atoms with van der Waals surface area (Å²) in [5.41, 5.74) is 14.9. The van der Waals surface area contributed by atoms with E-state index in [4.69, 9.17) is 37.9 Å². The van der Waals surface area contributed by atoms with Crippen LogP contribution in [0.2, 0.25) is 0 Å². The first kappa shape index (κ1) is 88.9. The summed E-state index contributed by atoms with van der Waals surface area (Å²) in [7, 11) is 4.29. The van der Waals surface area contributed by atoms with Crippen LogP contribution in [0.3, 0.4) is 0 Å². The van der Waals surface area contributed by atoms with Gasteiger partial charge in [0.1, 0.15) is 62.9 Å². The molecular weight excluding hydrogens is 1430 g/mol. The van der Waals surface area contributed by atoms with E-state index in [-0.39, 0.29) is 46.7 Å². The number of aliphatic hydroxyl groups is 8. The van der Waals surface area contributed by atoms with Gasteiger partial charge in [-0.25, -0.2) is 0 Å². The second kappa shape index (κ2) is 42.6. The lowest BCUT2D eigenvalue weighted by Gasteiger charge is -2.39. The number of hydrogen-bond donors (Lipinski definition) is 12. The molecule has 4 aromatic rings. The Morgan fingerprint density at radius 3 is 1.13 bits per heavy atom. The molecule has 10 atom stereocenters. The number of amides is 2. The monoisotopic (exact) mass is 1560 g/mol. The van der Waals surface area contributed by atoms with E-state index in [1.807, 2.05) is 0 Å². The summed E-state index contributed by atoms with van der Waals surface area (Å²) in [4.78, 5) is 30.0. The van der Waals surface area contributed by atoms with Gasteiger partial charge in [0.15, 0.2) is 24.0 Å². The van der Waals surface area contributed by atoms with Gasteiger partial charge in [-0.1, -0.05) is 113 Å². The van der Waals surface area contributed by atoms with Crippen LogP contribution in [-0.4, -0.2) is 280 Å². The fourth-order valence-electron chi connectivity index (χ4n) is 15.7. The van der Waals surface area contributed by atoms with Crippen LogP contribution in [0, 0.1) is 0 Å². The lowest BCUT2D eigenvalue weighted by atomic mass is 9.81. The zero-order valence-corrected chi connectivity index (χ0v) is 67.3. The standard InChI is InChI=1S/2C43H62N4O9/c2*1-42(2)30-13-6-8-15-32(30)46(5)35(42)17-12-18-36-43(3,4)31-14-7-9-16-33(31)47(36)23-11-10-19-37(49)45-22-25-54-28-27-53-24-20-44-21-26-55-41-40(52)39(51)38(50)34(29-48)56-41/h2*6-9,12-18,34,38-41,44,48,50-52H,10-11,19-29H2,1-5H3/p+2. The van der Waals surface area contributed by atoms with Crippen LogP contribution >= 0.6 is 0 Å². The predicted molar refractivity (Wildman–Crippen MR) is 431 cm³/mol. The number of hydrogen-bond acceptors (Lipinski definition) is 22. The minimum Gasteiger partial charge on any atom is -0.394 e. The third-order valence-corrected chi connectivity index (χ3v) is 22.1. The number of fused-ring (bicyclic) bond motifs is 4. The van der Waals surface area contributed by atoms with Crippen molar-refractivity contribution in [3.63, 3.8) is 0 Å². The van der Waals surface area contributed by atoms with Crippen LogP contribution in [0.1, 0.15) is 116 Å². The van der Waals surface area contributed by atoms with Gasteiger partial charge in [0.25, 0.3) is 0 Å². The Labute approximate surface area is 661 Å². The fourth-order valence-corrected chi connectivity index (χ4v) is 15.7. The van der Waals surface area contributed by atoms with E-state index in [1.54, 1.807) is 0 Å². The summed E-state index contributed by atoms with van der Waals surface area (Å²) in [6.45, 7) is 25.6. The zero-order valence-electron chi connectivity index (χ0n) is 67.3. The molecule has 2 amide bonds. The molecule has 112 heavy (non-hydrogen) atoms. The Balaban J connectivity index is 0.000000257. The van der Waals surface area contributed by atoms with Crippen LogP contribution in [0.15, 0.2) is 145 Å². The Morgan fingerprint density at radius 2 is 0.768 bits per heavy atom. The molecule has 26 nitrogen and oxygen atoms in total. The molecule has 0 radical (unpaired) electrons. The molecule has 0 bridgehead atoms. The molecule has 0 aromatic heterocycles. The lowest BCUT2D eigenvalue weighted by molar-refractivity contribution is -0.401. The molecule has 6 heterocycles. The number of allylic oxidation sites excluding steroid dienone is 8. The maximum absolute atomic E-state index is 12.6. The summed E-state index contributed by atoms with van der Waals surface area (Å²) < 4.78 is 48.4. The van der Waals surface area contributed by atoms with Crippen molar-refractivity contribution >= 4 is 46.0 Å². The lowest BCUT2D eigenvalue weighted by Crippen LogP contribution is -2.59. The van der Waals surface area contributed by atoms with E-state index in [0.29, 0.717) is 105 Å². The van der Waals surface area contributed by atoms with Crippen molar-refractivity contribution in [3.8, 4) is 0 Å². The largest absolute Gasteiger partial charge is 0.394 e. The molecular formula is C86H126N8O18+2. The summed E-state index contributed by atoms with van der Waals surface area (Å²) in [6.07, 6.45) is 4.86. The van der Waals surface area contributed by atoms with E-state index in [0.717, 1.165) is 38.8 Å². The number of nitrogens with zero attached hydrogens (tertiary/aromatic N) is 4. The number of benzene rings is 4. The molecule has 2 saturated heterocycles. The minimum absolute atomic E-state index is 0.0219. The van der Waals surface area contributed by atoms with Crippen molar-refractivity contribution in [2.75, 3.05) is 156 Å². The van der Waals surface area contributed by atoms with Gasteiger partial charge in [-0.2, -0.15) is 9.15 Å². The molecule has 616 valence electrons. The molecule has 10 unspecified atom stereocenters. The number of anilines is 2. The topological polar surface area (TPSA) is 330 Å². The van der Waals surface area contributed by atoms with Crippen LogP contribution in [-0.2, 0) is 69.1 Å².